The zero-order valence-corrected chi connectivity index (χ0v) is 10.7. The second-order valence-corrected chi connectivity index (χ2v) is 3.67. The van der Waals surface area contributed by atoms with E-state index >= 15 is 0 Å². The molecule has 0 saturated carbocycles. The van der Waals surface area contributed by atoms with E-state index in [2.05, 4.69) is 4.98 Å². The number of ether oxygens (including phenoxy) is 1. The molecule has 1 aliphatic heterocycles. The van der Waals surface area contributed by atoms with Crippen LogP contribution in [0.1, 0.15) is 0 Å². The van der Waals surface area contributed by atoms with Crippen molar-refractivity contribution in [3.8, 4) is 5.75 Å². The van der Waals surface area contributed by atoms with Crippen LogP contribution in [0.25, 0.3) is 5.73 Å². The van der Waals surface area contributed by atoms with Gasteiger partial charge in [-0.3, -0.25) is 9.69 Å². The van der Waals surface area contributed by atoms with Crippen molar-refractivity contribution in [3.63, 3.8) is 0 Å². The summed E-state index contributed by atoms with van der Waals surface area (Å²) in [7, 11) is 1.57. The molecule has 0 unspecified atom stereocenters. The summed E-state index contributed by atoms with van der Waals surface area (Å²) in [5.74, 6) is 0.510. The number of rotatable bonds is 0. The van der Waals surface area contributed by atoms with Crippen LogP contribution in [0.15, 0.2) is 12.3 Å². The maximum Gasteiger partial charge on any atom is 0.213 e. The van der Waals surface area contributed by atoms with Gasteiger partial charge in [0.15, 0.2) is 11.6 Å². The van der Waals surface area contributed by atoms with E-state index in [-0.39, 0.29) is 32.9 Å². The van der Waals surface area contributed by atoms with E-state index in [1.54, 1.807) is 13.1 Å². The van der Waals surface area contributed by atoms with Gasteiger partial charge in [-0.05, 0) is 6.04 Å². The molecule has 5 nitrogen and oxygen atoms in total. The fourth-order valence-electron chi connectivity index (χ4n) is 1.35. The molecule has 0 spiro atoms. The summed E-state index contributed by atoms with van der Waals surface area (Å²) >= 11 is 5.76. The van der Waals surface area contributed by atoms with Gasteiger partial charge in [0.1, 0.15) is 0 Å². The van der Waals surface area contributed by atoms with E-state index in [0.29, 0.717) is 16.6 Å². The Morgan fingerprint density at radius 1 is 1.69 bits per heavy atom. The molecular formula is C9H9ClN3O2Pd-. The van der Waals surface area contributed by atoms with Crippen molar-refractivity contribution in [3.05, 3.63) is 23.0 Å². The standard InChI is InChI=1S/C9H9ClN3O2.Pd/c1-13-8-7(2-5(10)3-12-8)15-4-6(11)9(13)14;/h2-3,6,11H,4H2,1H3;/q-1;/t6-;/m0./s1. The van der Waals surface area contributed by atoms with Gasteiger partial charge in [0, 0.05) is 39.7 Å². The molecule has 1 aromatic rings. The first-order valence-electron chi connectivity index (χ1n) is 4.36. The van der Waals surface area contributed by atoms with Crippen LogP contribution in [0.3, 0.4) is 0 Å². The normalized spacial score (nSPS) is 19.3. The first-order chi connectivity index (χ1) is 7.09. The van der Waals surface area contributed by atoms with Gasteiger partial charge in [0.25, 0.3) is 0 Å². The molecule has 2 rings (SSSR count). The van der Waals surface area contributed by atoms with E-state index in [1.807, 2.05) is 0 Å². The molecule has 1 atom stereocenters. The van der Waals surface area contributed by atoms with Gasteiger partial charge in [-0.2, -0.15) is 0 Å². The SMILES string of the molecule is CN1C(=O)[C@@H]([NH-])COc2cc(Cl)cnc21.[Pd]. The third kappa shape index (κ3) is 2.36. The van der Waals surface area contributed by atoms with E-state index in [0.717, 1.165) is 0 Å². The quantitative estimate of drug-likeness (QED) is 0.676. The zero-order chi connectivity index (χ0) is 11.0. The van der Waals surface area contributed by atoms with Crippen molar-refractivity contribution < 1.29 is 30.0 Å². The predicted molar refractivity (Wildman–Crippen MR) is 56.3 cm³/mol. The summed E-state index contributed by atoms with van der Waals surface area (Å²) in [5, 5.41) is 0.443. The van der Waals surface area contributed by atoms with Crippen molar-refractivity contribution in [1.29, 1.82) is 0 Å². The molecule has 16 heavy (non-hydrogen) atoms. The molecule has 0 fully saturated rings. The molecule has 0 bridgehead atoms. The summed E-state index contributed by atoms with van der Waals surface area (Å²) in [6.45, 7) is 0.0260. The van der Waals surface area contributed by atoms with E-state index in [1.165, 1.54) is 11.1 Å². The minimum Gasteiger partial charge on any atom is -0.664 e. The molecule has 1 N–H and O–H groups in total. The Morgan fingerprint density at radius 3 is 3.06 bits per heavy atom. The van der Waals surface area contributed by atoms with Crippen molar-refractivity contribution in [2.45, 2.75) is 6.04 Å². The first kappa shape index (κ1) is 13.4. The van der Waals surface area contributed by atoms with Gasteiger partial charge >= 0.3 is 0 Å². The van der Waals surface area contributed by atoms with Crippen LogP contribution in [-0.2, 0) is 25.2 Å². The van der Waals surface area contributed by atoms with Crippen molar-refractivity contribution >= 4 is 23.3 Å². The number of pyridine rings is 1. The van der Waals surface area contributed by atoms with Crippen LogP contribution in [0, 0.1) is 0 Å². The maximum atomic E-state index is 11.6. The number of nitrogens with zero attached hydrogens (tertiary/aromatic N) is 2. The number of aromatic nitrogens is 1. The Kier molecular flexibility index (Phi) is 4.28. The molecule has 1 amide bonds. The van der Waals surface area contributed by atoms with Crippen LogP contribution in [0.4, 0.5) is 5.82 Å². The number of amides is 1. The third-order valence-corrected chi connectivity index (χ3v) is 2.36. The van der Waals surface area contributed by atoms with Crippen LogP contribution in [-0.4, -0.2) is 30.6 Å². The number of carbonyl (C=O) groups is 1. The molecule has 0 radical (unpaired) electrons. The van der Waals surface area contributed by atoms with Gasteiger partial charge in [-0.15, -0.1) is 0 Å². The number of anilines is 1. The Bertz CT molecular complexity index is 416. The van der Waals surface area contributed by atoms with Gasteiger partial charge in [0.05, 0.1) is 11.6 Å². The average molecular weight is 333 g/mol. The van der Waals surface area contributed by atoms with Gasteiger partial charge < -0.3 is 10.5 Å². The molecule has 2 heterocycles. The minimum atomic E-state index is -0.914. The zero-order valence-electron chi connectivity index (χ0n) is 8.34. The monoisotopic (exact) mass is 332 g/mol. The summed E-state index contributed by atoms with van der Waals surface area (Å²) in [6.07, 6.45) is 1.44. The summed E-state index contributed by atoms with van der Waals surface area (Å²) in [6, 6.07) is 0.675. The summed E-state index contributed by atoms with van der Waals surface area (Å²) < 4.78 is 5.29. The third-order valence-electron chi connectivity index (χ3n) is 2.15. The Labute approximate surface area is 112 Å². The van der Waals surface area contributed by atoms with Crippen molar-refractivity contribution in [2.75, 3.05) is 18.6 Å². The number of carbonyl (C=O) groups excluding carboxylic acids is 1. The molecule has 1 aromatic heterocycles. The van der Waals surface area contributed by atoms with Crippen LogP contribution < -0.4 is 9.64 Å². The molecular weight excluding hydrogens is 324 g/mol. The Balaban J connectivity index is 0.00000128. The fraction of sp³-hybridized carbons (Fsp3) is 0.333. The van der Waals surface area contributed by atoms with Crippen molar-refractivity contribution in [2.24, 2.45) is 0 Å². The van der Waals surface area contributed by atoms with Gasteiger partial charge in [-0.1, -0.05) is 11.6 Å². The minimum absolute atomic E-state index is 0. The number of nitrogens with one attached hydrogen (secondary N) is 1. The van der Waals surface area contributed by atoms with E-state index in [9.17, 15) is 4.79 Å². The van der Waals surface area contributed by atoms with Crippen molar-refractivity contribution in [1.82, 2.24) is 4.98 Å². The smallest absolute Gasteiger partial charge is 0.213 e. The number of fused-ring (bicyclic) bond motifs is 1. The molecule has 90 valence electrons. The van der Waals surface area contributed by atoms with E-state index < -0.39 is 6.04 Å². The second-order valence-electron chi connectivity index (χ2n) is 3.24. The van der Waals surface area contributed by atoms with Gasteiger partial charge in [-0.25, -0.2) is 4.98 Å². The number of hydrogen-bond donors (Lipinski definition) is 0. The number of hydrogen-bond acceptors (Lipinski definition) is 3. The molecule has 7 heteroatoms. The summed E-state index contributed by atoms with van der Waals surface area (Å²) in [4.78, 5) is 16.9. The largest absolute Gasteiger partial charge is 0.664 e. The van der Waals surface area contributed by atoms with Crippen LogP contribution in [0.2, 0.25) is 5.02 Å². The molecule has 0 aromatic carbocycles. The fourth-order valence-corrected chi connectivity index (χ4v) is 1.50. The average Bonchev–Trinajstić information content (AvgIpc) is 2.32. The Hall–Kier alpha value is -0.668. The van der Waals surface area contributed by atoms with Gasteiger partial charge in [0.2, 0.25) is 5.91 Å². The maximum absolute atomic E-state index is 11.6. The molecule has 0 saturated heterocycles. The number of halogens is 1. The van der Waals surface area contributed by atoms with Crippen LogP contribution in [0.5, 0.6) is 5.75 Å². The molecule has 0 aliphatic carbocycles. The number of likely N-dealkylation sites (N-methyl/N-ethyl adjacent to an activating group) is 1. The molecule has 1 aliphatic rings. The topological polar surface area (TPSA) is 66.2 Å². The van der Waals surface area contributed by atoms with E-state index in [4.69, 9.17) is 22.1 Å². The Morgan fingerprint density at radius 2 is 2.38 bits per heavy atom. The first-order valence-corrected chi connectivity index (χ1v) is 4.74. The summed E-state index contributed by atoms with van der Waals surface area (Å²) in [5.41, 5.74) is 7.50. The van der Waals surface area contributed by atoms with Crippen LogP contribution >= 0.6 is 11.6 Å². The second kappa shape index (κ2) is 5.11. The predicted octanol–water partition coefficient (Wildman–Crippen LogP) is 1.51.